The number of nitrogens with one attached hydrogen (secondary N) is 3. The van der Waals surface area contributed by atoms with E-state index in [9.17, 15) is 4.79 Å². The number of H-pyrrole nitrogens is 1. The lowest BCUT2D eigenvalue weighted by Gasteiger charge is -2.19. The minimum atomic E-state index is -0.0518. The van der Waals surface area contributed by atoms with E-state index in [0.717, 1.165) is 11.4 Å². The lowest BCUT2D eigenvalue weighted by atomic mass is 9.95. The number of aromatic nitrogens is 1. The van der Waals surface area contributed by atoms with Gasteiger partial charge in [0.1, 0.15) is 5.56 Å². The maximum atomic E-state index is 12.5. The maximum Gasteiger partial charge on any atom is 0.285 e. The number of carbonyl (C=O) groups is 1. The molecule has 1 aliphatic carbocycles. The van der Waals surface area contributed by atoms with Crippen LogP contribution in [0.25, 0.3) is 0 Å². The summed E-state index contributed by atoms with van der Waals surface area (Å²) in [6, 6.07) is 14.1. The molecule has 1 aromatic heterocycles. The number of hydrogen-bond donors (Lipinski definition) is 2. The second-order valence-electron chi connectivity index (χ2n) is 6.11. The van der Waals surface area contributed by atoms with Crippen molar-refractivity contribution in [3.63, 3.8) is 0 Å². The van der Waals surface area contributed by atoms with Gasteiger partial charge in [0.05, 0.1) is 12.2 Å². The van der Waals surface area contributed by atoms with Gasteiger partial charge in [-0.1, -0.05) is 36.8 Å². The monoisotopic (exact) mass is 310 g/mol. The van der Waals surface area contributed by atoms with Crippen LogP contribution in [0.4, 0.5) is 5.82 Å². The fraction of sp³-hybridized carbons (Fsp3) is 0.368. The average Bonchev–Trinajstić information content (AvgIpc) is 2.62. The van der Waals surface area contributed by atoms with Gasteiger partial charge in [-0.2, -0.15) is 0 Å². The topological polar surface area (TPSA) is 55.3 Å². The summed E-state index contributed by atoms with van der Waals surface area (Å²) in [4.78, 5) is 15.7. The van der Waals surface area contributed by atoms with E-state index in [0.29, 0.717) is 18.2 Å². The Labute approximate surface area is 137 Å². The highest BCUT2D eigenvalue weighted by Gasteiger charge is 2.22. The Balaban J connectivity index is 1.65. The first-order chi connectivity index (χ1) is 11.3. The zero-order chi connectivity index (χ0) is 15.9. The molecule has 3 rings (SSSR count). The van der Waals surface area contributed by atoms with Crippen molar-refractivity contribution in [2.24, 2.45) is 0 Å². The van der Waals surface area contributed by atoms with Crippen molar-refractivity contribution < 1.29 is 9.78 Å². The SMILES string of the molecule is O=C(NCc1ccccc1)c1ccc[nH+]c1NC1CCCCC1. The number of hydrogen-bond acceptors (Lipinski definition) is 2. The predicted octanol–water partition coefficient (Wildman–Crippen LogP) is 3.18. The lowest BCUT2D eigenvalue weighted by molar-refractivity contribution is -0.361. The van der Waals surface area contributed by atoms with Gasteiger partial charge in [-0.15, -0.1) is 0 Å². The molecule has 120 valence electrons. The molecule has 23 heavy (non-hydrogen) atoms. The number of benzene rings is 1. The standard InChI is InChI=1S/C19H23N3O/c23-19(21-14-15-8-3-1-4-9-15)17-12-7-13-20-18(17)22-16-10-5-2-6-11-16/h1,3-4,7-9,12-13,16H,2,5-6,10-11,14H2,(H,20,22)(H,21,23)/p+1. The number of aromatic amines is 1. The van der Waals surface area contributed by atoms with Crippen LogP contribution in [0.3, 0.4) is 0 Å². The molecule has 1 aliphatic rings. The Morgan fingerprint density at radius 1 is 1.04 bits per heavy atom. The molecule has 1 aromatic carbocycles. The number of amides is 1. The largest absolute Gasteiger partial charge is 0.348 e. The predicted molar refractivity (Wildman–Crippen MR) is 91.1 cm³/mol. The minimum absolute atomic E-state index is 0.0518. The van der Waals surface area contributed by atoms with Crippen molar-refractivity contribution in [2.75, 3.05) is 5.32 Å². The van der Waals surface area contributed by atoms with E-state index in [-0.39, 0.29) is 5.91 Å². The van der Waals surface area contributed by atoms with E-state index in [4.69, 9.17) is 0 Å². The summed E-state index contributed by atoms with van der Waals surface area (Å²) < 4.78 is 0. The van der Waals surface area contributed by atoms with E-state index in [2.05, 4.69) is 15.6 Å². The maximum absolute atomic E-state index is 12.5. The van der Waals surface area contributed by atoms with Crippen molar-refractivity contribution >= 4 is 11.7 Å². The molecule has 4 heteroatoms. The molecule has 0 radical (unpaired) electrons. The first-order valence-corrected chi connectivity index (χ1v) is 8.42. The van der Waals surface area contributed by atoms with Gasteiger partial charge >= 0.3 is 0 Å². The van der Waals surface area contributed by atoms with E-state index in [1.54, 1.807) is 0 Å². The van der Waals surface area contributed by atoms with Crippen LogP contribution in [-0.4, -0.2) is 11.9 Å². The Kier molecular flexibility index (Phi) is 5.25. The molecule has 0 spiro atoms. The highest BCUT2D eigenvalue weighted by molar-refractivity contribution is 5.98. The van der Waals surface area contributed by atoms with Crippen molar-refractivity contribution in [3.8, 4) is 0 Å². The van der Waals surface area contributed by atoms with Crippen LogP contribution in [0.5, 0.6) is 0 Å². The molecule has 1 fully saturated rings. The smallest absolute Gasteiger partial charge is 0.285 e. The van der Waals surface area contributed by atoms with Gasteiger partial charge < -0.3 is 5.32 Å². The van der Waals surface area contributed by atoms with E-state index < -0.39 is 0 Å². The number of pyridine rings is 1. The summed E-state index contributed by atoms with van der Waals surface area (Å²) in [7, 11) is 0. The summed E-state index contributed by atoms with van der Waals surface area (Å²) in [5.41, 5.74) is 1.77. The summed E-state index contributed by atoms with van der Waals surface area (Å²) in [6.45, 7) is 0.539. The average molecular weight is 310 g/mol. The number of anilines is 1. The van der Waals surface area contributed by atoms with E-state index in [1.807, 2.05) is 48.7 Å². The molecular weight excluding hydrogens is 286 g/mol. The highest BCUT2D eigenvalue weighted by atomic mass is 16.1. The number of carbonyl (C=O) groups excluding carboxylic acids is 1. The molecule has 2 aromatic rings. The zero-order valence-corrected chi connectivity index (χ0v) is 13.3. The van der Waals surface area contributed by atoms with Crippen LogP contribution < -0.4 is 15.6 Å². The highest BCUT2D eigenvalue weighted by Crippen LogP contribution is 2.21. The van der Waals surface area contributed by atoms with Gasteiger partial charge in [0.15, 0.2) is 0 Å². The van der Waals surface area contributed by atoms with Gasteiger partial charge in [0.25, 0.3) is 11.7 Å². The normalized spacial score (nSPS) is 15.1. The molecule has 4 nitrogen and oxygen atoms in total. The van der Waals surface area contributed by atoms with Crippen molar-refractivity contribution in [1.82, 2.24) is 5.32 Å². The minimum Gasteiger partial charge on any atom is -0.348 e. The van der Waals surface area contributed by atoms with Crippen molar-refractivity contribution in [1.29, 1.82) is 0 Å². The van der Waals surface area contributed by atoms with Crippen molar-refractivity contribution in [2.45, 2.75) is 44.7 Å². The molecule has 1 heterocycles. The molecular formula is C19H24N3O+. The quantitative estimate of drug-likeness (QED) is 0.891. The van der Waals surface area contributed by atoms with Crippen LogP contribution in [0.2, 0.25) is 0 Å². The van der Waals surface area contributed by atoms with Crippen LogP contribution in [0.15, 0.2) is 48.7 Å². The van der Waals surface area contributed by atoms with Gasteiger partial charge in [-0.05, 0) is 43.4 Å². The zero-order valence-electron chi connectivity index (χ0n) is 13.3. The fourth-order valence-electron chi connectivity index (χ4n) is 3.07. The summed E-state index contributed by atoms with van der Waals surface area (Å²) in [5.74, 6) is 0.772. The number of rotatable bonds is 5. The Morgan fingerprint density at radius 2 is 1.83 bits per heavy atom. The van der Waals surface area contributed by atoms with Crippen LogP contribution in [0.1, 0.15) is 48.0 Å². The summed E-state index contributed by atoms with van der Waals surface area (Å²) in [6.07, 6.45) is 8.06. The molecule has 1 saturated carbocycles. The Hall–Kier alpha value is -2.36. The van der Waals surface area contributed by atoms with E-state index >= 15 is 0 Å². The first kappa shape index (κ1) is 15.5. The van der Waals surface area contributed by atoms with Crippen LogP contribution in [-0.2, 0) is 6.54 Å². The van der Waals surface area contributed by atoms with Gasteiger partial charge in [-0.25, -0.2) is 4.98 Å². The van der Waals surface area contributed by atoms with Gasteiger partial charge in [-0.3, -0.25) is 10.1 Å². The molecule has 0 saturated heterocycles. The molecule has 0 atom stereocenters. The fourth-order valence-corrected chi connectivity index (χ4v) is 3.07. The third-order valence-corrected chi connectivity index (χ3v) is 4.35. The third-order valence-electron chi connectivity index (χ3n) is 4.35. The lowest BCUT2D eigenvalue weighted by Crippen LogP contribution is -2.31. The van der Waals surface area contributed by atoms with Crippen LogP contribution >= 0.6 is 0 Å². The van der Waals surface area contributed by atoms with Gasteiger partial charge in [0.2, 0.25) is 0 Å². The van der Waals surface area contributed by atoms with Crippen molar-refractivity contribution in [3.05, 3.63) is 59.8 Å². The Bertz CT molecular complexity index is 636. The van der Waals surface area contributed by atoms with Crippen LogP contribution in [0, 0.1) is 0 Å². The second-order valence-corrected chi connectivity index (χ2v) is 6.11. The molecule has 1 amide bonds. The molecule has 3 N–H and O–H groups in total. The van der Waals surface area contributed by atoms with Gasteiger partial charge in [0, 0.05) is 6.54 Å². The summed E-state index contributed by atoms with van der Waals surface area (Å²) in [5, 5.41) is 6.51. The molecule has 0 unspecified atom stereocenters. The Morgan fingerprint density at radius 3 is 2.61 bits per heavy atom. The third kappa shape index (κ3) is 4.31. The second kappa shape index (κ2) is 7.77. The molecule has 0 bridgehead atoms. The molecule has 0 aliphatic heterocycles. The van der Waals surface area contributed by atoms with E-state index in [1.165, 1.54) is 32.1 Å². The summed E-state index contributed by atoms with van der Waals surface area (Å²) >= 11 is 0. The first-order valence-electron chi connectivity index (χ1n) is 8.42.